The van der Waals surface area contributed by atoms with Crippen molar-refractivity contribution in [3.63, 3.8) is 0 Å². The molecule has 1 amide bonds. The van der Waals surface area contributed by atoms with Gasteiger partial charge in [0.15, 0.2) is 23.0 Å². The SMILES string of the molecule is CCn1cc([N+](=O)[O-])c(C(=O)N2N=C3/C(=C/c4ccc(OC)c(OC)c4)CCC[C@H]3[C@H]2c2ccc(OC)c(OC)c2)n1. The van der Waals surface area contributed by atoms with Crippen LogP contribution in [-0.4, -0.2) is 59.8 Å². The molecule has 2 atom stereocenters. The Morgan fingerprint density at radius 2 is 1.69 bits per heavy atom. The van der Waals surface area contributed by atoms with Gasteiger partial charge in [0.05, 0.1) is 45.1 Å². The second-order valence-electron chi connectivity index (χ2n) is 9.95. The molecule has 3 aromatic rings. The lowest BCUT2D eigenvalue weighted by atomic mass is 9.77. The Bertz CT molecular complexity index is 1580. The quantitative estimate of drug-likeness (QED) is 0.249. The van der Waals surface area contributed by atoms with Gasteiger partial charge in [-0.2, -0.15) is 10.2 Å². The molecular formula is C30H33N5O7. The maximum absolute atomic E-state index is 14.1. The third-order valence-electron chi connectivity index (χ3n) is 7.67. The summed E-state index contributed by atoms with van der Waals surface area (Å²) < 4.78 is 23.2. The van der Waals surface area contributed by atoms with Crippen molar-refractivity contribution < 1.29 is 28.7 Å². The number of allylic oxidation sites excluding steroid dienone is 1. The maximum atomic E-state index is 14.1. The van der Waals surface area contributed by atoms with E-state index in [1.165, 1.54) is 15.9 Å². The number of aromatic nitrogens is 2. The molecule has 12 nitrogen and oxygen atoms in total. The summed E-state index contributed by atoms with van der Waals surface area (Å²) in [5, 5.41) is 22.3. The highest BCUT2D eigenvalue weighted by Gasteiger charge is 2.46. The van der Waals surface area contributed by atoms with Crippen LogP contribution >= 0.6 is 0 Å². The monoisotopic (exact) mass is 575 g/mol. The summed E-state index contributed by atoms with van der Waals surface area (Å²) in [5.74, 6) is 1.49. The van der Waals surface area contributed by atoms with Crippen molar-refractivity contribution in [3.05, 3.63) is 75.1 Å². The predicted molar refractivity (Wildman–Crippen MR) is 155 cm³/mol. The number of carbonyl (C=O) groups excluding carboxylic acids is 1. The number of benzene rings is 2. The second-order valence-corrected chi connectivity index (χ2v) is 9.95. The number of nitro groups is 1. The van der Waals surface area contributed by atoms with E-state index in [1.54, 1.807) is 41.4 Å². The van der Waals surface area contributed by atoms with Gasteiger partial charge in [0.25, 0.3) is 0 Å². The van der Waals surface area contributed by atoms with Crippen LogP contribution in [0.25, 0.3) is 6.08 Å². The number of fused-ring (bicyclic) bond motifs is 1. The Balaban J connectivity index is 1.63. The maximum Gasteiger partial charge on any atom is 0.320 e. The van der Waals surface area contributed by atoms with Crippen molar-refractivity contribution in [2.45, 2.75) is 38.8 Å². The summed E-state index contributed by atoms with van der Waals surface area (Å²) in [6.45, 7) is 2.18. The third kappa shape index (κ3) is 5.15. The van der Waals surface area contributed by atoms with Crippen molar-refractivity contribution >= 4 is 23.4 Å². The predicted octanol–water partition coefficient (Wildman–Crippen LogP) is 5.28. The van der Waals surface area contributed by atoms with E-state index in [9.17, 15) is 14.9 Å². The number of aryl methyl sites for hydroxylation is 1. The van der Waals surface area contributed by atoms with E-state index in [2.05, 4.69) is 5.10 Å². The number of hydrazone groups is 1. The average Bonchev–Trinajstić information content (AvgIpc) is 3.63. The Morgan fingerprint density at radius 1 is 1.02 bits per heavy atom. The molecule has 5 rings (SSSR count). The number of nitrogens with zero attached hydrogens (tertiary/aromatic N) is 5. The number of ether oxygens (including phenoxy) is 4. The fraction of sp³-hybridized carbons (Fsp3) is 0.367. The van der Waals surface area contributed by atoms with Crippen LogP contribution in [-0.2, 0) is 6.54 Å². The molecule has 2 aromatic carbocycles. The molecule has 42 heavy (non-hydrogen) atoms. The van der Waals surface area contributed by atoms with Gasteiger partial charge in [-0.15, -0.1) is 0 Å². The highest BCUT2D eigenvalue weighted by molar-refractivity contribution is 6.09. The van der Waals surface area contributed by atoms with E-state index in [0.717, 1.165) is 41.7 Å². The highest BCUT2D eigenvalue weighted by Crippen LogP contribution is 2.47. The molecule has 0 N–H and O–H groups in total. The zero-order valence-electron chi connectivity index (χ0n) is 24.2. The van der Waals surface area contributed by atoms with Gasteiger partial charge in [-0.1, -0.05) is 12.1 Å². The van der Waals surface area contributed by atoms with Crippen molar-refractivity contribution in [2.24, 2.45) is 11.0 Å². The number of rotatable bonds is 9. The Hall–Kier alpha value is -4.87. The van der Waals surface area contributed by atoms with Crippen LogP contribution in [0.3, 0.4) is 0 Å². The van der Waals surface area contributed by atoms with Crippen LogP contribution in [0.4, 0.5) is 5.69 Å². The van der Waals surface area contributed by atoms with Gasteiger partial charge in [-0.3, -0.25) is 19.6 Å². The van der Waals surface area contributed by atoms with E-state index in [4.69, 9.17) is 24.0 Å². The first-order valence-corrected chi connectivity index (χ1v) is 13.6. The van der Waals surface area contributed by atoms with Crippen molar-refractivity contribution in [1.29, 1.82) is 0 Å². The first-order chi connectivity index (χ1) is 20.3. The van der Waals surface area contributed by atoms with E-state index in [0.29, 0.717) is 29.5 Å². The van der Waals surface area contributed by atoms with Gasteiger partial charge in [0.2, 0.25) is 5.69 Å². The molecular weight excluding hydrogens is 542 g/mol. The van der Waals surface area contributed by atoms with Crippen LogP contribution in [0.15, 0.2) is 53.3 Å². The Kier molecular flexibility index (Phi) is 8.14. The van der Waals surface area contributed by atoms with E-state index < -0.39 is 16.9 Å². The fourth-order valence-corrected chi connectivity index (χ4v) is 5.65. The topological polar surface area (TPSA) is 131 Å². The first-order valence-electron chi connectivity index (χ1n) is 13.6. The van der Waals surface area contributed by atoms with E-state index >= 15 is 0 Å². The highest BCUT2D eigenvalue weighted by atomic mass is 16.6. The van der Waals surface area contributed by atoms with Gasteiger partial charge >= 0.3 is 11.6 Å². The summed E-state index contributed by atoms with van der Waals surface area (Å²) in [5.41, 5.74) is 2.81. The van der Waals surface area contributed by atoms with Gasteiger partial charge in [0, 0.05) is 12.5 Å². The van der Waals surface area contributed by atoms with Crippen molar-refractivity contribution in [3.8, 4) is 23.0 Å². The zero-order chi connectivity index (χ0) is 30.0. The lowest BCUT2D eigenvalue weighted by Crippen LogP contribution is -2.32. The van der Waals surface area contributed by atoms with Crippen LogP contribution in [0, 0.1) is 16.0 Å². The lowest BCUT2D eigenvalue weighted by molar-refractivity contribution is -0.385. The van der Waals surface area contributed by atoms with E-state index in [-0.39, 0.29) is 17.3 Å². The van der Waals surface area contributed by atoms with E-state index in [1.807, 2.05) is 36.4 Å². The molecule has 1 fully saturated rings. The minimum absolute atomic E-state index is 0.153. The summed E-state index contributed by atoms with van der Waals surface area (Å²) in [6, 6.07) is 10.6. The first kappa shape index (κ1) is 28.7. The van der Waals surface area contributed by atoms with Crippen molar-refractivity contribution in [1.82, 2.24) is 14.8 Å². The second kappa shape index (κ2) is 11.9. The van der Waals surface area contributed by atoms with Gasteiger partial charge in [-0.05, 0) is 73.2 Å². The van der Waals surface area contributed by atoms with Crippen LogP contribution in [0.2, 0.25) is 0 Å². The molecule has 1 aromatic heterocycles. The lowest BCUT2D eigenvalue weighted by Gasteiger charge is -2.29. The molecule has 12 heteroatoms. The van der Waals surface area contributed by atoms with Crippen LogP contribution in [0.1, 0.15) is 53.8 Å². The largest absolute Gasteiger partial charge is 0.493 e. The Labute approximate surface area is 243 Å². The summed E-state index contributed by atoms with van der Waals surface area (Å²) in [4.78, 5) is 25.3. The standard InChI is InChI=1S/C30H33N5O7/c1-6-33-17-22(35(37)38)28(31-33)30(36)34-29(20-11-13-24(40-3)26(16-20)42-5)21-9-7-8-19(27(21)32-34)14-18-10-12-23(39-2)25(15-18)41-4/h10-17,21,29H,6-9H2,1-5H3/b19-14+/t21-,29-/m1/s1. The molecule has 0 spiro atoms. The molecule has 1 saturated carbocycles. The number of amides is 1. The van der Waals surface area contributed by atoms with Crippen LogP contribution in [0.5, 0.6) is 23.0 Å². The van der Waals surface area contributed by atoms with Crippen LogP contribution < -0.4 is 18.9 Å². The number of methoxy groups -OCH3 is 4. The zero-order valence-corrected chi connectivity index (χ0v) is 24.2. The summed E-state index contributed by atoms with van der Waals surface area (Å²) in [7, 11) is 6.28. The number of hydrogen-bond donors (Lipinski definition) is 0. The molecule has 2 heterocycles. The normalized spacial score (nSPS) is 18.8. The summed E-state index contributed by atoms with van der Waals surface area (Å²) in [6.07, 6.45) is 5.72. The molecule has 0 radical (unpaired) electrons. The smallest absolute Gasteiger partial charge is 0.320 e. The van der Waals surface area contributed by atoms with Gasteiger partial charge in [-0.25, -0.2) is 5.01 Å². The van der Waals surface area contributed by atoms with Gasteiger partial charge < -0.3 is 18.9 Å². The molecule has 220 valence electrons. The average molecular weight is 576 g/mol. The minimum Gasteiger partial charge on any atom is -0.493 e. The molecule has 0 unspecified atom stereocenters. The minimum atomic E-state index is -0.638. The molecule has 1 aliphatic heterocycles. The Morgan fingerprint density at radius 3 is 2.33 bits per heavy atom. The fourth-order valence-electron chi connectivity index (χ4n) is 5.65. The molecule has 2 aliphatic rings. The number of carbonyl (C=O) groups is 1. The molecule has 1 aliphatic carbocycles. The summed E-state index contributed by atoms with van der Waals surface area (Å²) >= 11 is 0. The number of hydrogen-bond acceptors (Lipinski definition) is 9. The molecule has 0 saturated heterocycles. The van der Waals surface area contributed by atoms with Gasteiger partial charge in [0.1, 0.15) is 6.20 Å². The van der Waals surface area contributed by atoms with Crippen molar-refractivity contribution in [2.75, 3.05) is 28.4 Å². The molecule has 0 bridgehead atoms. The third-order valence-corrected chi connectivity index (χ3v) is 7.67.